The number of carboxylic acid groups (broad SMARTS) is 1. The lowest BCUT2D eigenvalue weighted by molar-refractivity contribution is -0.139. The summed E-state index contributed by atoms with van der Waals surface area (Å²) in [7, 11) is 0. The molecule has 6 nitrogen and oxygen atoms in total. The first kappa shape index (κ1) is 16.1. The van der Waals surface area contributed by atoms with E-state index >= 15 is 0 Å². The van der Waals surface area contributed by atoms with E-state index in [9.17, 15) is 14.7 Å². The Bertz CT molecular complexity index is 707. The largest absolute Gasteiger partial charge is 0.479 e. The van der Waals surface area contributed by atoms with Gasteiger partial charge in [-0.1, -0.05) is 30.3 Å². The number of aromatic nitrogens is 1. The first-order chi connectivity index (χ1) is 11.6. The second-order valence-corrected chi connectivity index (χ2v) is 6.06. The predicted molar refractivity (Wildman–Crippen MR) is 87.4 cm³/mol. The normalized spacial score (nSPS) is 14.8. The van der Waals surface area contributed by atoms with Gasteiger partial charge in [-0.25, -0.2) is 9.59 Å². The van der Waals surface area contributed by atoms with Gasteiger partial charge in [-0.15, -0.1) is 0 Å². The second kappa shape index (κ2) is 7.21. The zero-order valence-corrected chi connectivity index (χ0v) is 13.2. The van der Waals surface area contributed by atoms with Crippen LogP contribution >= 0.6 is 0 Å². The van der Waals surface area contributed by atoms with Crippen molar-refractivity contribution in [3.05, 3.63) is 59.4 Å². The first-order valence-corrected chi connectivity index (χ1v) is 7.99. The molecule has 0 aliphatic heterocycles. The highest BCUT2D eigenvalue weighted by Crippen LogP contribution is 2.32. The number of alkyl carbamates (subject to hydrolysis) is 1. The van der Waals surface area contributed by atoms with Gasteiger partial charge in [0.15, 0.2) is 6.04 Å². The number of carbonyl (C=O) groups excluding carboxylic acids is 1. The number of aliphatic carboxylic acids is 1. The number of H-pyrrole nitrogens is 1. The van der Waals surface area contributed by atoms with Crippen molar-refractivity contribution in [1.82, 2.24) is 10.3 Å². The van der Waals surface area contributed by atoms with Crippen LogP contribution in [0.2, 0.25) is 0 Å². The third-order valence-corrected chi connectivity index (χ3v) is 4.01. The van der Waals surface area contributed by atoms with Crippen molar-refractivity contribution in [1.29, 1.82) is 0 Å². The molecule has 1 aliphatic carbocycles. The zero-order chi connectivity index (χ0) is 16.9. The van der Waals surface area contributed by atoms with Crippen LogP contribution in [-0.2, 0) is 22.6 Å². The minimum Gasteiger partial charge on any atom is -0.479 e. The second-order valence-electron chi connectivity index (χ2n) is 6.06. The van der Waals surface area contributed by atoms with Crippen molar-refractivity contribution in [2.75, 3.05) is 0 Å². The van der Waals surface area contributed by atoms with E-state index in [1.54, 1.807) is 6.07 Å². The predicted octanol–water partition coefficient (Wildman–Crippen LogP) is 3.02. The summed E-state index contributed by atoms with van der Waals surface area (Å²) >= 11 is 0. The molecule has 1 aliphatic rings. The third-order valence-electron chi connectivity index (χ3n) is 4.01. The van der Waals surface area contributed by atoms with Gasteiger partial charge in [-0.3, -0.25) is 0 Å². The maximum Gasteiger partial charge on any atom is 0.408 e. The van der Waals surface area contributed by atoms with Gasteiger partial charge in [0.05, 0.1) is 0 Å². The van der Waals surface area contributed by atoms with Crippen LogP contribution in [0.1, 0.15) is 35.8 Å². The highest BCUT2D eigenvalue weighted by Gasteiger charge is 2.26. The van der Waals surface area contributed by atoms with Crippen molar-refractivity contribution >= 4 is 12.1 Å². The molecular weight excluding hydrogens is 308 g/mol. The van der Waals surface area contributed by atoms with Crippen LogP contribution in [0.3, 0.4) is 0 Å². The minimum atomic E-state index is -1.15. The summed E-state index contributed by atoms with van der Waals surface area (Å²) < 4.78 is 5.08. The van der Waals surface area contributed by atoms with Crippen molar-refractivity contribution in [3.8, 4) is 0 Å². The molecule has 2 aromatic rings. The minimum absolute atomic E-state index is 0.0939. The lowest BCUT2D eigenvalue weighted by atomic mass is 10.2. The molecule has 6 heteroatoms. The van der Waals surface area contributed by atoms with E-state index in [0.717, 1.165) is 17.7 Å². The molecule has 3 rings (SSSR count). The standard InChI is InChI=1S/C18H20N2O4/c21-17(22)16(15-9-8-14(19-15)10-12-6-7-12)20-18(23)24-11-13-4-2-1-3-5-13/h1-5,8-9,12,16,19H,6-7,10-11H2,(H,20,23)(H,21,22). The summed E-state index contributed by atoms with van der Waals surface area (Å²) in [5.74, 6) is -0.435. The van der Waals surface area contributed by atoms with Crippen molar-refractivity contribution in [2.45, 2.75) is 31.9 Å². The van der Waals surface area contributed by atoms with E-state index < -0.39 is 18.1 Å². The van der Waals surface area contributed by atoms with E-state index in [2.05, 4.69) is 10.3 Å². The van der Waals surface area contributed by atoms with Crippen LogP contribution < -0.4 is 5.32 Å². The van der Waals surface area contributed by atoms with Gasteiger partial charge in [0.1, 0.15) is 6.61 Å². The number of aromatic amines is 1. The maximum absolute atomic E-state index is 11.9. The molecule has 1 amide bonds. The molecule has 1 atom stereocenters. The SMILES string of the molecule is O=C(NC(C(=O)O)c1ccc(CC2CC2)[nH]1)OCc1ccccc1. The number of hydrogen-bond acceptors (Lipinski definition) is 3. The third kappa shape index (κ3) is 4.38. The number of hydrogen-bond donors (Lipinski definition) is 3. The lowest BCUT2D eigenvalue weighted by Gasteiger charge is -2.13. The molecule has 1 aromatic heterocycles. The number of amides is 1. The Morgan fingerprint density at radius 2 is 1.96 bits per heavy atom. The summed E-state index contributed by atoms with van der Waals surface area (Å²) in [6.45, 7) is 0.0939. The molecule has 126 valence electrons. The average molecular weight is 328 g/mol. The van der Waals surface area contributed by atoms with Crippen LogP contribution in [0, 0.1) is 5.92 Å². The van der Waals surface area contributed by atoms with Crippen LogP contribution in [0.15, 0.2) is 42.5 Å². The van der Waals surface area contributed by atoms with Gasteiger partial charge < -0.3 is 20.1 Å². The summed E-state index contributed by atoms with van der Waals surface area (Å²) in [5.41, 5.74) is 2.29. The molecule has 0 radical (unpaired) electrons. The molecule has 1 saturated carbocycles. The molecule has 0 bridgehead atoms. The average Bonchev–Trinajstić information content (AvgIpc) is 3.27. The Labute approximate surface area is 139 Å². The van der Waals surface area contributed by atoms with Gasteiger partial charge in [0.25, 0.3) is 0 Å². The fourth-order valence-corrected chi connectivity index (χ4v) is 2.53. The van der Waals surface area contributed by atoms with E-state index in [1.807, 2.05) is 36.4 Å². The first-order valence-electron chi connectivity index (χ1n) is 7.99. The van der Waals surface area contributed by atoms with E-state index in [-0.39, 0.29) is 6.61 Å². The Hall–Kier alpha value is -2.76. The molecule has 0 saturated heterocycles. The Kier molecular flexibility index (Phi) is 4.84. The van der Waals surface area contributed by atoms with E-state index in [0.29, 0.717) is 11.6 Å². The van der Waals surface area contributed by atoms with Crippen LogP contribution in [0.5, 0.6) is 0 Å². The summed E-state index contributed by atoms with van der Waals surface area (Å²) in [5, 5.41) is 11.8. The maximum atomic E-state index is 11.9. The molecule has 24 heavy (non-hydrogen) atoms. The quantitative estimate of drug-likeness (QED) is 0.728. The van der Waals surface area contributed by atoms with Gasteiger partial charge in [-0.05, 0) is 42.9 Å². The molecule has 3 N–H and O–H groups in total. The molecular formula is C18H20N2O4. The van der Waals surface area contributed by atoms with Crippen molar-refractivity contribution in [3.63, 3.8) is 0 Å². The number of carboxylic acids is 1. The molecule has 1 aromatic carbocycles. The number of nitrogens with one attached hydrogen (secondary N) is 2. The monoisotopic (exact) mass is 328 g/mol. The lowest BCUT2D eigenvalue weighted by Crippen LogP contribution is -2.34. The zero-order valence-electron chi connectivity index (χ0n) is 13.2. The van der Waals surface area contributed by atoms with E-state index in [4.69, 9.17) is 4.74 Å². The molecule has 1 unspecified atom stereocenters. The van der Waals surface area contributed by atoms with Gasteiger partial charge >= 0.3 is 12.1 Å². The van der Waals surface area contributed by atoms with Crippen molar-refractivity contribution < 1.29 is 19.4 Å². The van der Waals surface area contributed by atoms with E-state index in [1.165, 1.54) is 12.8 Å². The Morgan fingerprint density at radius 3 is 2.62 bits per heavy atom. The Morgan fingerprint density at radius 1 is 1.21 bits per heavy atom. The summed E-state index contributed by atoms with van der Waals surface area (Å²) in [6.07, 6.45) is 2.61. The number of carbonyl (C=O) groups is 2. The molecule has 1 fully saturated rings. The number of rotatable bonds is 7. The fourth-order valence-electron chi connectivity index (χ4n) is 2.53. The highest BCUT2D eigenvalue weighted by atomic mass is 16.5. The molecule has 0 spiro atoms. The summed E-state index contributed by atoms with van der Waals surface area (Å²) in [4.78, 5) is 26.4. The van der Waals surface area contributed by atoms with Crippen LogP contribution in [0.4, 0.5) is 4.79 Å². The van der Waals surface area contributed by atoms with Crippen molar-refractivity contribution in [2.24, 2.45) is 5.92 Å². The number of benzene rings is 1. The summed E-state index contributed by atoms with van der Waals surface area (Å²) in [6, 6.07) is 11.6. The number of ether oxygens (including phenoxy) is 1. The fraction of sp³-hybridized carbons (Fsp3) is 0.333. The topological polar surface area (TPSA) is 91.4 Å². The highest BCUT2D eigenvalue weighted by molar-refractivity contribution is 5.80. The molecule has 1 heterocycles. The van der Waals surface area contributed by atoms with Gasteiger partial charge in [0, 0.05) is 11.4 Å². The smallest absolute Gasteiger partial charge is 0.408 e. The van der Waals surface area contributed by atoms with Gasteiger partial charge in [-0.2, -0.15) is 0 Å². The van der Waals surface area contributed by atoms with Crippen LogP contribution in [0.25, 0.3) is 0 Å². The van der Waals surface area contributed by atoms with Crippen LogP contribution in [-0.4, -0.2) is 22.2 Å². The van der Waals surface area contributed by atoms with Gasteiger partial charge in [0.2, 0.25) is 0 Å². The Balaban J connectivity index is 1.57.